The summed E-state index contributed by atoms with van der Waals surface area (Å²) in [5.41, 5.74) is 6.73. The lowest BCUT2D eigenvalue weighted by Gasteiger charge is -2.26. The van der Waals surface area contributed by atoms with Crippen molar-refractivity contribution >= 4 is 28.1 Å². The molecule has 1 amide bonds. The predicted molar refractivity (Wildman–Crippen MR) is 121 cm³/mol. The van der Waals surface area contributed by atoms with Gasteiger partial charge in [0.15, 0.2) is 5.13 Å². The zero-order valence-corrected chi connectivity index (χ0v) is 18.4. The number of benzene rings is 1. The van der Waals surface area contributed by atoms with Crippen LogP contribution >= 0.6 is 11.3 Å². The van der Waals surface area contributed by atoms with E-state index in [-0.39, 0.29) is 12.3 Å². The van der Waals surface area contributed by atoms with Gasteiger partial charge in [-0.3, -0.25) is 4.79 Å². The number of morpholine rings is 1. The van der Waals surface area contributed by atoms with Crippen LogP contribution in [0.1, 0.15) is 61.8 Å². The average Bonchev–Trinajstić information content (AvgIpc) is 3.27. The molecule has 2 aliphatic rings. The number of thiazole rings is 1. The van der Waals surface area contributed by atoms with E-state index in [1.807, 2.05) is 12.3 Å². The molecule has 30 heavy (non-hydrogen) atoms. The van der Waals surface area contributed by atoms with Crippen LogP contribution in [0.5, 0.6) is 0 Å². The van der Waals surface area contributed by atoms with Crippen LogP contribution in [0.25, 0.3) is 0 Å². The highest BCUT2D eigenvalue weighted by molar-refractivity contribution is 7.13. The van der Waals surface area contributed by atoms with Gasteiger partial charge in [-0.05, 0) is 36.8 Å². The number of nitrogens with zero attached hydrogens (tertiary/aromatic N) is 3. The fourth-order valence-electron chi connectivity index (χ4n) is 4.12. The highest BCUT2D eigenvalue weighted by Crippen LogP contribution is 2.32. The molecule has 2 aromatic rings. The van der Waals surface area contributed by atoms with Crippen molar-refractivity contribution < 1.29 is 9.53 Å². The number of amides is 1. The molecule has 0 radical (unpaired) electrons. The number of hydrogen-bond acceptors (Lipinski definition) is 6. The summed E-state index contributed by atoms with van der Waals surface area (Å²) in [7, 11) is 0. The minimum absolute atomic E-state index is 0.146. The third kappa shape index (κ3) is 5.46. The molecule has 7 heteroatoms. The molecule has 1 aromatic heterocycles. The Hall–Kier alpha value is -2.25. The normalized spacial score (nSPS) is 18.4. The van der Waals surface area contributed by atoms with E-state index in [1.165, 1.54) is 37.7 Å². The van der Waals surface area contributed by atoms with Crippen LogP contribution in [-0.4, -0.2) is 42.9 Å². The summed E-state index contributed by atoms with van der Waals surface area (Å²) in [5, 5.41) is 7.20. The van der Waals surface area contributed by atoms with E-state index in [2.05, 4.69) is 44.7 Å². The third-order valence-corrected chi connectivity index (χ3v) is 6.87. The van der Waals surface area contributed by atoms with Gasteiger partial charge in [0.2, 0.25) is 5.91 Å². The van der Waals surface area contributed by atoms with Gasteiger partial charge in [0.1, 0.15) is 0 Å². The summed E-state index contributed by atoms with van der Waals surface area (Å²) in [4.78, 5) is 19.1. The van der Waals surface area contributed by atoms with Gasteiger partial charge in [-0.25, -0.2) is 10.4 Å². The van der Waals surface area contributed by atoms with Crippen LogP contribution in [0.3, 0.4) is 0 Å². The lowest BCUT2D eigenvalue weighted by molar-refractivity contribution is -0.120. The molecule has 0 bridgehead atoms. The van der Waals surface area contributed by atoms with Crippen molar-refractivity contribution in [3.05, 3.63) is 46.5 Å². The largest absolute Gasteiger partial charge is 0.378 e. The van der Waals surface area contributed by atoms with Crippen LogP contribution in [0.2, 0.25) is 0 Å². The second-order valence-electron chi connectivity index (χ2n) is 8.09. The van der Waals surface area contributed by atoms with Crippen molar-refractivity contribution in [3.8, 4) is 0 Å². The van der Waals surface area contributed by atoms with E-state index in [4.69, 9.17) is 4.74 Å². The van der Waals surface area contributed by atoms with Crippen LogP contribution in [0.4, 0.5) is 5.13 Å². The Bertz CT molecular complexity index is 866. The fraction of sp³-hybridized carbons (Fsp3) is 0.522. The molecule has 1 aliphatic carbocycles. The van der Waals surface area contributed by atoms with Crippen LogP contribution in [0, 0.1) is 0 Å². The standard InChI is InChI=1S/C23H30N4O2S/c1-17(18-7-9-20(10-8-18)19-5-3-2-4-6-19)25-26-22(28)15-21-16-30-23(24-21)27-11-13-29-14-12-27/h7-10,16,19H,2-6,11-15H2,1H3,(H,26,28)/b25-17-. The van der Waals surface area contributed by atoms with Gasteiger partial charge in [-0.1, -0.05) is 43.5 Å². The first-order chi connectivity index (χ1) is 14.7. The molecule has 6 nitrogen and oxygen atoms in total. The maximum atomic E-state index is 12.3. The zero-order valence-electron chi connectivity index (χ0n) is 17.6. The van der Waals surface area contributed by atoms with Gasteiger partial charge < -0.3 is 9.64 Å². The van der Waals surface area contributed by atoms with Crippen molar-refractivity contribution in [2.45, 2.75) is 51.4 Å². The van der Waals surface area contributed by atoms with E-state index in [0.29, 0.717) is 5.92 Å². The molecular weight excluding hydrogens is 396 g/mol. The monoisotopic (exact) mass is 426 g/mol. The Kier molecular flexibility index (Phi) is 7.12. The Morgan fingerprint density at radius 2 is 1.93 bits per heavy atom. The molecule has 1 saturated heterocycles. The number of anilines is 1. The molecule has 2 fully saturated rings. The molecule has 1 N–H and O–H groups in total. The lowest BCUT2D eigenvalue weighted by Crippen LogP contribution is -2.36. The summed E-state index contributed by atoms with van der Waals surface area (Å²) in [6, 6.07) is 8.66. The zero-order chi connectivity index (χ0) is 20.8. The number of rotatable bonds is 6. The van der Waals surface area contributed by atoms with Crippen molar-refractivity contribution in [1.29, 1.82) is 0 Å². The van der Waals surface area contributed by atoms with Gasteiger partial charge in [-0.15, -0.1) is 11.3 Å². The Morgan fingerprint density at radius 3 is 2.67 bits per heavy atom. The first-order valence-electron chi connectivity index (χ1n) is 10.9. The second-order valence-corrected chi connectivity index (χ2v) is 8.92. The Morgan fingerprint density at radius 1 is 1.20 bits per heavy atom. The maximum Gasteiger partial charge on any atom is 0.246 e. The molecule has 160 valence electrons. The number of carbonyl (C=O) groups is 1. The highest BCUT2D eigenvalue weighted by Gasteiger charge is 2.17. The molecule has 0 atom stereocenters. The number of aromatic nitrogens is 1. The SMILES string of the molecule is C/C(=N/NC(=O)Cc1csc(N2CCOCC2)n1)c1ccc(C2CCCCC2)cc1. The molecule has 0 spiro atoms. The van der Waals surface area contributed by atoms with Gasteiger partial charge in [0.25, 0.3) is 0 Å². The van der Waals surface area contributed by atoms with Crippen molar-refractivity contribution in [3.63, 3.8) is 0 Å². The van der Waals surface area contributed by atoms with Crippen molar-refractivity contribution in [2.24, 2.45) is 5.10 Å². The topological polar surface area (TPSA) is 66.8 Å². The van der Waals surface area contributed by atoms with Crippen LogP contribution in [0.15, 0.2) is 34.7 Å². The van der Waals surface area contributed by atoms with Crippen molar-refractivity contribution in [1.82, 2.24) is 10.4 Å². The summed E-state index contributed by atoms with van der Waals surface area (Å²) < 4.78 is 5.38. The number of hydrogen-bond donors (Lipinski definition) is 1. The van der Waals surface area contributed by atoms with E-state index in [1.54, 1.807) is 11.3 Å². The molecule has 2 heterocycles. The van der Waals surface area contributed by atoms with Gasteiger partial charge in [-0.2, -0.15) is 5.10 Å². The molecule has 1 aliphatic heterocycles. The summed E-state index contributed by atoms with van der Waals surface area (Å²) in [5.74, 6) is 0.553. The van der Waals surface area contributed by atoms with Crippen molar-refractivity contribution in [2.75, 3.05) is 31.2 Å². The molecule has 4 rings (SSSR count). The first kappa shape index (κ1) is 21.0. The van der Waals surface area contributed by atoms with Gasteiger partial charge in [0.05, 0.1) is 31.0 Å². The lowest BCUT2D eigenvalue weighted by atomic mass is 9.84. The van der Waals surface area contributed by atoms with E-state index < -0.39 is 0 Å². The number of ether oxygens (including phenoxy) is 1. The highest BCUT2D eigenvalue weighted by atomic mass is 32.1. The predicted octanol–water partition coefficient (Wildman–Crippen LogP) is 4.11. The van der Waals surface area contributed by atoms with Crippen LogP contribution in [-0.2, 0) is 16.0 Å². The molecule has 1 aromatic carbocycles. The fourth-order valence-corrected chi connectivity index (χ4v) is 5.00. The Labute approximate surface area is 182 Å². The quantitative estimate of drug-likeness (QED) is 0.558. The molecule has 1 saturated carbocycles. The number of carbonyl (C=O) groups excluding carboxylic acids is 1. The minimum atomic E-state index is -0.146. The van der Waals surface area contributed by atoms with Crippen LogP contribution < -0.4 is 10.3 Å². The third-order valence-electron chi connectivity index (χ3n) is 5.92. The number of hydrazone groups is 1. The smallest absolute Gasteiger partial charge is 0.246 e. The van der Waals surface area contributed by atoms with Gasteiger partial charge in [0, 0.05) is 18.5 Å². The second kappa shape index (κ2) is 10.2. The molecule has 0 unspecified atom stereocenters. The van der Waals surface area contributed by atoms with E-state index >= 15 is 0 Å². The summed E-state index contributed by atoms with van der Waals surface area (Å²) in [6.45, 7) is 5.08. The molecular formula is C23H30N4O2S. The number of nitrogens with one attached hydrogen (secondary N) is 1. The Balaban J connectivity index is 1.29. The summed E-state index contributed by atoms with van der Waals surface area (Å²) in [6.07, 6.45) is 6.88. The van der Waals surface area contributed by atoms with E-state index in [0.717, 1.165) is 48.4 Å². The van der Waals surface area contributed by atoms with Gasteiger partial charge >= 0.3 is 0 Å². The first-order valence-corrected chi connectivity index (χ1v) is 11.8. The van der Waals surface area contributed by atoms with E-state index in [9.17, 15) is 4.79 Å². The summed E-state index contributed by atoms with van der Waals surface area (Å²) >= 11 is 1.58. The minimum Gasteiger partial charge on any atom is -0.378 e. The maximum absolute atomic E-state index is 12.3. The average molecular weight is 427 g/mol.